The van der Waals surface area contributed by atoms with Crippen molar-refractivity contribution in [3.05, 3.63) is 6.92 Å². The molecule has 0 aromatic rings. The van der Waals surface area contributed by atoms with Gasteiger partial charge in [-0.2, -0.15) is 0 Å². The van der Waals surface area contributed by atoms with Gasteiger partial charge >= 0.3 is 0 Å². The van der Waals surface area contributed by atoms with E-state index in [9.17, 15) is 0 Å². The largest absolute Gasteiger partial charge is 0.379 e. The summed E-state index contributed by atoms with van der Waals surface area (Å²) in [4.78, 5) is 4.92. The summed E-state index contributed by atoms with van der Waals surface area (Å²) >= 11 is 0. The lowest BCUT2D eigenvalue weighted by Crippen LogP contribution is -2.63. The maximum Gasteiger partial charge on any atom is 0.0739 e. The van der Waals surface area contributed by atoms with Crippen LogP contribution in [-0.4, -0.2) is 68.1 Å². The van der Waals surface area contributed by atoms with Gasteiger partial charge in [0.25, 0.3) is 0 Å². The van der Waals surface area contributed by atoms with Crippen molar-refractivity contribution in [3.63, 3.8) is 0 Å². The predicted molar refractivity (Wildman–Crippen MR) is 63.2 cm³/mol. The first kappa shape index (κ1) is 12.3. The van der Waals surface area contributed by atoms with Crippen LogP contribution < -0.4 is 0 Å². The van der Waals surface area contributed by atoms with Crippen LogP contribution in [-0.2, 0) is 9.47 Å². The third-order valence-electron chi connectivity index (χ3n) is 3.77. The molecule has 0 aromatic carbocycles. The Morgan fingerprint density at radius 3 is 1.62 bits per heavy atom. The van der Waals surface area contributed by atoms with Crippen LogP contribution in [0.1, 0.15) is 13.3 Å². The zero-order chi connectivity index (χ0) is 11.4. The summed E-state index contributed by atoms with van der Waals surface area (Å²) in [6, 6.07) is 0. The fourth-order valence-corrected chi connectivity index (χ4v) is 2.61. The molecule has 2 aliphatic rings. The highest BCUT2D eigenvalue weighted by Crippen LogP contribution is 2.25. The van der Waals surface area contributed by atoms with E-state index in [4.69, 9.17) is 9.47 Å². The molecule has 0 amide bonds. The molecule has 0 unspecified atom stereocenters. The topological polar surface area (TPSA) is 24.9 Å². The Labute approximate surface area is 98.5 Å². The van der Waals surface area contributed by atoms with Gasteiger partial charge in [0, 0.05) is 26.2 Å². The predicted octanol–water partition coefficient (Wildman–Crippen LogP) is 0.591. The molecule has 2 heterocycles. The van der Waals surface area contributed by atoms with Gasteiger partial charge in [-0.05, 0) is 13.3 Å². The van der Waals surface area contributed by atoms with Crippen LogP contribution in [0.3, 0.4) is 0 Å². The van der Waals surface area contributed by atoms with Crippen LogP contribution in [0.5, 0.6) is 0 Å². The maximum atomic E-state index is 5.41. The summed E-state index contributed by atoms with van der Waals surface area (Å²) in [6.45, 7) is 14.0. The lowest BCUT2D eigenvalue weighted by Gasteiger charge is -2.50. The van der Waals surface area contributed by atoms with Crippen LogP contribution in [0.2, 0.25) is 0 Å². The van der Waals surface area contributed by atoms with Crippen LogP contribution in [0.4, 0.5) is 0 Å². The summed E-state index contributed by atoms with van der Waals surface area (Å²) in [7, 11) is 0. The van der Waals surface area contributed by atoms with E-state index in [-0.39, 0.29) is 5.66 Å². The number of rotatable bonds is 3. The fourth-order valence-electron chi connectivity index (χ4n) is 2.61. The minimum Gasteiger partial charge on any atom is -0.379 e. The minimum absolute atomic E-state index is 0.0619. The molecule has 0 saturated carbocycles. The van der Waals surface area contributed by atoms with Crippen molar-refractivity contribution in [3.8, 4) is 0 Å². The Morgan fingerprint density at radius 2 is 1.31 bits per heavy atom. The van der Waals surface area contributed by atoms with E-state index in [1.165, 1.54) is 0 Å². The summed E-state index contributed by atoms with van der Waals surface area (Å²) in [5, 5.41) is 0. The number of nitrogens with zero attached hydrogens (tertiary/aromatic N) is 2. The molecule has 2 rings (SSSR count). The highest BCUT2D eigenvalue weighted by Gasteiger charge is 2.37. The first-order valence-corrected chi connectivity index (χ1v) is 6.28. The van der Waals surface area contributed by atoms with E-state index in [1.807, 2.05) is 0 Å². The standard InChI is InChI=1S/C12H23N2O2/c1-3-12(2,13-4-8-15-9-5-13)14-6-10-16-11-7-14/h2-11H2,1H3. The third-order valence-corrected chi connectivity index (χ3v) is 3.77. The molecule has 4 heteroatoms. The van der Waals surface area contributed by atoms with Gasteiger partial charge in [0.2, 0.25) is 0 Å². The van der Waals surface area contributed by atoms with Crippen molar-refractivity contribution in [2.45, 2.75) is 19.0 Å². The van der Waals surface area contributed by atoms with Crippen LogP contribution >= 0.6 is 0 Å². The first-order valence-electron chi connectivity index (χ1n) is 6.28. The Bertz CT molecular complexity index is 193. The molecule has 0 spiro atoms. The van der Waals surface area contributed by atoms with Gasteiger partial charge in [-0.3, -0.25) is 9.80 Å². The minimum atomic E-state index is -0.0619. The van der Waals surface area contributed by atoms with Gasteiger partial charge < -0.3 is 9.47 Å². The molecule has 0 atom stereocenters. The average molecular weight is 227 g/mol. The van der Waals surface area contributed by atoms with Crippen LogP contribution in [0.25, 0.3) is 0 Å². The Morgan fingerprint density at radius 1 is 0.938 bits per heavy atom. The number of hydrogen-bond acceptors (Lipinski definition) is 4. The maximum absolute atomic E-state index is 5.41. The second-order valence-corrected chi connectivity index (χ2v) is 4.53. The van der Waals surface area contributed by atoms with Crippen LogP contribution in [0.15, 0.2) is 0 Å². The van der Waals surface area contributed by atoms with Gasteiger partial charge in [0.1, 0.15) is 0 Å². The molecule has 2 fully saturated rings. The zero-order valence-corrected chi connectivity index (χ0v) is 10.3. The van der Waals surface area contributed by atoms with Gasteiger partial charge in [0.05, 0.1) is 32.1 Å². The van der Waals surface area contributed by atoms with E-state index in [1.54, 1.807) is 0 Å². The van der Waals surface area contributed by atoms with Crippen molar-refractivity contribution >= 4 is 0 Å². The van der Waals surface area contributed by atoms with Gasteiger partial charge in [-0.25, -0.2) is 0 Å². The second kappa shape index (κ2) is 5.45. The normalized spacial score (nSPS) is 25.9. The molecule has 0 bridgehead atoms. The van der Waals surface area contributed by atoms with Crippen molar-refractivity contribution in [2.75, 3.05) is 52.6 Å². The Hall–Kier alpha value is -0.160. The van der Waals surface area contributed by atoms with Crippen molar-refractivity contribution in [2.24, 2.45) is 0 Å². The van der Waals surface area contributed by atoms with E-state index in [2.05, 4.69) is 23.6 Å². The molecule has 0 aliphatic carbocycles. The molecule has 2 saturated heterocycles. The van der Waals surface area contributed by atoms with Crippen molar-refractivity contribution in [1.82, 2.24) is 9.80 Å². The second-order valence-electron chi connectivity index (χ2n) is 4.53. The van der Waals surface area contributed by atoms with Gasteiger partial charge in [-0.15, -0.1) is 0 Å². The lowest BCUT2D eigenvalue weighted by atomic mass is 10.0. The molecular weight excluding hydrogens is 204 g/mol. The monoisotopic (exact) mass is 227 g/mol. The average Bonchev–Trinajstić information content (AvgIpc) is 2.40. The summed E-state index contributed by atoms with van der Waals surface area (Å²) in [5.74, 6) is 0. The SMILES string of the molecule is [CH2]C(CC)(N1CCOCC1)N1CCOCC1. The summed E-state index contributed by atoms with van der Waals surface area (Å²) < 4.78 is 10.8. The van der Waals surface area contributed by atoms with Gasteiger partial charge in [-0.1, -0.05) is 6.92 Å². The third kappa shape index (κ3) is 2.40. The smallest absolute Gasteiger partial charge is 0.0739 e. The quantitative estimate of drug-likeness (QED) is 0.704. The lowest BCUT2D eigenvalue weighted by molar-refractivity contribution is -0.107. The zero-order valence-electron chi connectivity index (χ0n) is 10.3. The van der Waals surface area contributed by atoms with Crippen LogP contribution in [0, 0.1) is 6.92 Å². The number of morpholine rings is 2. The van der Waals surface area contributed by atoms with Crippen molar-refractivity contribution in [1.29, 1.82) is 0 Å². The van der Waals surface area contributed by atoms with Gasteiger partial charge in [0.15, 0.2) is 0 Å². The Balaban J connectivity index is 2.03. The van der Waals surface area contributed by atoms with E-state index in [0.717, 1.165) is 59.0 Å². The highest BCUT2D eigenvalue weighted by molar-refractivity contribution is 4.93. The molecule has 2 aliphatic heterocycles. The number of hydrogen-bond donors (Lipinski definition) is 0. The molecule has 1 radical (unpaired) electrons. The molecule has 93 valence electrons. The summed E-state index contributed by atoms with van der Waals surface area (Å²) in [6.07, 6.45) is 1.05. The van der Waals surface area contributed by atoms with E-state index >= 15 is 0 Å². The first-order chi connectivity index (χ1) is 7.77. The molecule has 16 heavy (non-hydrogen) atoms. The van der Waals surface area contributed by atoms with E-state index in [0.29, 0.717) is 0 Å². The molecule has 4 nitrogen and oxygen atoms in total. The molecular formula is C12H23N2O2. The fraction of sp³-hybridized carbons (Fsp3) is 0.917. The van der Waals surface area contributed by atoms with E-state index < -0.39 is 0 Å². The molecule has 0 aromatic heterocycles. The Kier molecular flexibility index (Phi) is 4.19. The number of ether oxygens (including phenoxy) is 2. The highest BCUT2D eigenvalue weighted by atomic mass is 16.5. The molecule has 0 N–H and O–H groups in total. The summed E-state index contributed by atoms with van der Waals surface area (Å²) in [5.41, 5.74) is -0.0619. The van der Waals surface area contributed by atoms with Crippen molar-refractivity contribution < 1.29 is 9.47 Å².